The molecule has 0 aromatic heterocycles. The van der Waals surface area contributed by atoms with Gasteiger partial charge in [0.1, 0.15) is 18.2 Å². The number of hydrogen-bond donors (Lipinski definition) is 0. The first kappa shape index (κ1) is 15.3. The summed E-state index contributed by atoms with van der Waals surface area (Å²) in [7, 11) is 1.60. The highest BCUT2D eigenvalue weighted by Crippen LogP contribution is 2.22. The largest absolute Gasteiger partial charge is 0.490 e. The van der Waals surface area contributed by atoms with Gasteiger partial charge in [-0.1, -0.05) is 35.9 Å². The van der Waals surface area contributed by atoms with E-state index in [0.29, 0.717) is 17.3 Å². The lowest BCUT2D eigenvalue weighted by Gasteiger charge is -2.18. The third-order valence-electron chi connectivity index (χ3n) is 2.97. The van der Waals surface area contributed by atoms with Crippen molar-refractivity contribution in [3.63, 3.8) is 0 Å². The third-order valence-corrected chi connectivity index (χ3v) is 3.28. The summed E-state index contributed by atoms with van der Waals surface area (Å²) < 4.78 is 19.0. The number of nitrogens with zero attached hydrogens (tertiary/aromatic N) is 1. The number of likely N-dealkylation sites (N-methyl/N-ethyl adjacent to an activating group) is 1. The van der Waals surface area contributed by atoms with Gasteiger partial charge in [0.25, 0.3) is 5.91 Å². The van der Waals surface area contributed by atoms with Gasteiger partial charge < -0.3 is 9.64 Å². The first-order chi connectivity index (χ1) is 10.1. The molecular weight excluding hydrogens is 293 g/mol. The molecule has 5 heteroatoms. The molecule has 21 heavy (non-hydrogen) atoms. The summed E-state index contributed by atoms with van der Waals surface area (Å²) in [5, 5.41) is 0.514. The van der Waals surface area contributed by atoms with Crippen LogP contribution in [0.15, 0.2) is 48.5 Å². The van der Waals surface area contributed by atoms with Crippen LogP contribution in [0.25, 0.3) is 0 Å². The minimum absolute atomic E-state index is 0.0535. The Balaban J connectivity index is 1.90. The number of benzene rings is 2. The SMILES string of the molecule is CN(CCOc1ccccc1Cl)C(=O)c1ccccc1F. The van der Waals surface area contributed by atoms with Crippen LogP contribution in [0.4, 0.5) is 4.39 Å². The van der Waals surface area contributed by atoms with Crippen LogP contribution in [-0.2, 0) is 0 Å². The number of rotatable bonds is 5. The Morgan fingerprint density at radius 3 is 2.57 bits per heavy atom. The Kier molecular flexibility index (Phi) is 5.17. The van der Waals surface area contributed by atoms with Gasteiger partial charge in [0.15, 0.2) is 0 Å². The molecule has 0 saturated heterocycles. The molecule has 0 aliphatic rings. The van der Waals surface area contributed by atoms with E-state index in [9.17, 15) is 9.18 Å². The average molecular weight is 308 g/mol. The van der Waals surface area contributed by atoms with E-state index in [1.165, 1.54) is 17.0 Å². The van der Waals surface area contributed by atoms with Crippen molar-refractivity contribution in [2.75, 3.05) is 20.2 Å². The van der Waals surface area contributed by atoms with E-state index in [0.717, 1.165) is 0 Å². The summed E-state index contributed by atoms with van der Waals surface area (Å²) >= 11 is 5.96. The van der Waals surface area contributed by atoms with Crippen molar-refractivity contribution in [3.8, 4) is 5.75 Å². The van der Waals surface area contributed by atoms with Crippen LogP contribution >= 0.6 is 11.6 Å². The Hall–Kier alpha value is -2.07. The molecule has 2 aromatic carbocycles. The summed E-state index contributed by atoms with van der Waals surface area (Å²) in [6.45, 7) is 0.610. The van der Waals surface area contributed by atoms with E-state index in [1.54, 1.807) is 31.3 Å². The molecule has 0 spiro atoms. The maximum atomic E-state index is 13.5. The first-order valence-electron chi connectivity index (χ1n) is 6.47. The van der Waals surface area contributed by atoms with Crippen LogP contribution in [0.5, 0.6) is 5.75 Å². The summed E-state index contributed by atoms with van der Waals surface area (Å²) in [6.07, 6.45) is 0. The number of carbonyl (C=O) groups excluding carboxylic acids is 1. The van der Waals surface area contributed by atoms with Crippen molar-refractivity contribution in [1.29, 1.82) is 0 Å². The fourth-order valence-corrected chi connectivity index (χ4v) is 1.99. The lowest BCUT2D eigenvalue weighted by atomic mass is 10.2. The summed E-state index contributed by atoms with van der Waals surface area (Å²) in [5.41, 5.74) is 0.0535. The van der Waals surface area contributed by atoms with Gasteiger partial charge in [-0.15, -0.1) is 0 Å². The Morgan fingerprint density at radius 1 is 1.19 bits per heavy atom. The molecule has 1 amide bonds. The molecule has 0 bridgehead atoms. The second-order valence-electron chi connectivity index (χ2n) is 4.49. The molecule has 0 atom stereocenters. The molecule has 0 aliphatic heterocycles. The van der Waals surface area contributed by atoms with Crippen LogP contribution in [0.1, 0.15) is 10.4 Å². The van der Waals surface area contributed by atoms with Crippen molar-refractivity contribution in [2.24, 2.45) is 0 Å². The maximum Gasteiger partial charge on any atom is 0.256 e. The van der Waals surface area contributed by atoms with Crippen LogP contribution in [0, 0.1) is 5.82 Å². The molecule has 0 fully saturated rings. The second kappa shape index (κ2) is 7.09. The molecule has 0 unspecified atom stereocenters. The second-order valence-corrected chi connectivity index (χ2v) is 4.89. The predicted octanol–water partition coefficient (Wildman–Crippen LogP) is 3.63. The molecule has 110 valence electrons. The van der Waals surface area contributed by atoms with Gasteiger partial charge in [-0.25, -0.2) is 4.39 Å². The smallest absolute Gasteiger partial charge is 0.256 e. The molecule has 0 N–H and O–H groups in total. The van der Waals surface area contributed by atoms with E-state index in [1.807, 2.05) is 12.1 Å². The van der Waals surface area contributed by atoms with Crippen LogP contribution in [0.2, 0.25) is 5.02 Å². The fraction of sp³-hybridized carbons (Fsp3) is 0.188. The number of amides is 1. The lowest BCUT2D eigenvalue weighted by molar-refractivity contribution is 0.0769. The van der Waals surface area contributed by atoms with Crippen molar-refractivity contribution >= 4 is 17.5 Å². The summed E-state index contributed by atoms with van der Waals surface area (Å²) in [4.78, 5) is 13.5. The van der Waals surface area contributed by atoms with Crippen LogP contribution in [-0.4, -0.2) is 31.0 Å². The molecule has 0 radical (unpaired) electrons. The zero-order chi connectivity index (χ0) is 15.2. The summed E-state index contributed by atoms with van der Waals surface area (Å²) in [5.74, 6) is -0.344. The molecule has 0 saturated carbocycles. The van der Waals surface area contributed by atoms with E-state index in [4.69, 9.17) is 16.3 Å². The van der Waals surface area contributed by atoms with Gasteiger partial charge >= 0.3 is 0 Å². The highest BCUT2D eigenvalue weighted by molar-refractivity contribution is 6.32. The molecule has 0 heterocycles. The van der Waals surface area contributed by atoms with E-state index in [2.05, 4.69) is 0 Å². The van der Waals surface area contributed by atoms with Crippen molar-refractivity contribution in [3.05, 3.63) is 64.9 Å². The van der Waals surface area contributed by atoms with Gasteiger partial charge in [0, 0.05) is 7.05 Å². The minimum atomic E-state index is -0.527. The van der Waals surface area contributed by atoms with Crippen molar-refractivity contribution in [2.45, 2.75) is 0 Å². The van der Waals surface area contributed by atoms with Crippen LogP contribution in [0.3, 0.4) is 0 Å². The number of hydrogen-bond acceptors (Lipinski definition) is 2. The Labute approximate surface area is 127 Å². The topological polar surface area (TPSA) is 29.5 Å². The minimum Gasteiger partial charge on any atom is -0.490 e. The number of carbonyl (C=O) groups is 1. The van der Waals surface area contributed by atoms with Gasteiger partial charge in [0.05, 0.1) is 17.1 Å². The van der Waals surface area contributed by atoms with Gasteiger partial charge in [-0.05, 0) is 24.3 Å². The van der Waals surface area contributed by atoms with Crippen molar-refractivity contribution in [1.82, 2.24) is 4.90 Å². The monoisotopic (exact) mass is 307 g/mol. The Morgan fingerprint density at radius 2 is 1.86 bits per heavy atom. The van der Waals surface area contributed by atoms with E-state index >= 15 is 0 Å². The first-order valence-corrected chi connectivity index (χ1v) is 6.84. The van der Waals surface area contributed by atoms with Crippen LogP contribution < -0.4 is 4.74 Å². The molecule has 2 rings (SSSR count). The van der Waals surface area contributed by atoms with E-state index in [-0.39, 0.29) is 18.1 Å². The number of halogens is 2. The van der Waals surface area contributed by atoms with Gasteiger partial charge in [0.2, 0.25) is 0 Å². The predicted molar refractivity (Wildman–Crippen MR) is 80.3 cm³/mol. The zero-order valence-electron chi connectivity index (χ0n) is 11.6. The van der Waals surface area contributed by atoms with Crippen molar-refractivity contribution < 1.29 is 13.9 Å². The zero-order valence-corrected chi connectivity index (χ0v) is 12.3. The normalized spacial score (nSPS) is 10.2. The van der Waals surface area contributed by atoms with E-state index < -0.39 is 5.82 Å². The van der Waals surface area contributed by atoms with Gasteiger partial charge in [-0.3, -0.25) is 4.79 Å². The Bertz CT molecular complexity index is 633. The third kappa shape index (κ3) is 3.95. The average Bonchev–Trinajstić information content (AvgIpc) is 2.49. The lowest BCUT2D eigenvalue weighted by Crippen LogP contribution is -2.31. The highest BCUT2D eigenvalue weighted by Gasteiger charge is 2.15. The van der Waals surface area contributed by atoms with Gasteiger partial charge in [-0.2, -0.15) is 0 Å². The number of para-hydroxylation sites is 1. The maximum absolute atomic E-state index is 13.5. The standard InChI is InChI=1S/C16H15ClFNO2/c1-19(16(20)12-6-2-4-8-14(12)18)10-11-21-15-9-5-3-7-13(15)17/h2-9H,10-11H2,1H3. The molecular formula is C16H15ClFNO2. The molecule has 3 nitrogen and oxygen atoms in total. The number of ether oxygens (including phenoxy) is 1. The molecule has 0 aliphatic carbocycles. The highest BCUT2D eigenvalue weighted by atomic mass is 35.5. The quantitative estimate of drug-likeness (QED) is 0.844. The summed E-state index contributed by atoms with van der Waals surface area (Å²) in [6, 6.07) is 13.0. The fourth-order valence-electron chi connectivity index (χ4n) is 1.80. The molecule has 2 aromatic rings.